The molecule has 0 aliphatic carbocycles. The summed E-state index contributed by atoms with van der Waals surface area (Å²) in [6, 6.07) is 0. The number of imidazole rings is 1. The van der Waals surface area contributed by atoms with E-state index in [1.807, 2.05) is 17.8 Å². The minimum absolute atomic E-state index is 0.215. The number of carbonyl (C=O) groups is 1. The topological polar surface area (TPSA) is 34.9 Å². The van der Waals surface area contributed by atoms with Gasteiger partial charge in [-0.15, -0.1) is 0 Å². The Bertz CT molecular complexity index is 417. The normalized spacial score (nSPS) is 32.4. The Morgan fingerprint density at radius 3 is 2.71 bits per heavy atom. The molecular weight excluding hydrogens is 232 g/mol. The monoisotopic (exact) mass is 250 g/mol. The van der Waals surface area contributed by atoms with Crippen LogP contribution < -0.4 is 0 Å². The summed E-state index contributed by atoms with van der Waals surface area (Å²) in [6.07, 6.45) is 9.64. The molecule has 0 radical (unpaired) electrons. The number of thioether (sulfide) groups is 1. The van der Waals surface area contributed by atoms with E-state index in [0.717, 1.165) is 23.3 Å². The van der Waals surface area contributed by atoms with Crippen LogP contribution in [0.2, 0.25) is 0 Å². The van der Waals surface area contributed by atoms with Gasteiger partial charge in [0, 0.05) is 35.9 Å². The Morgan fingerprint density at radius 1 is 1.41 bits per heavy atom. The second-order valence-corrected chi connectivity index (χ2v) is 6.81. The molecule has 0 N–H and O–H groups in total. The zero-order valence-corrected chi connectivity index (χ0v) is 10.9. The molecule has 0 aromatic carbocycles. The van der Waals surface area contributed by atoms with E-state index in [0.29, 0.717) is 5.82 Å². The van der Waals surface area contributed by atoms with Gasteiger partial charge in [-0.2, -0.15) is 11.8 Å². The largest absolute Gasteiger partial charge is 0.332 e. The fraction of sp³-hybridized carbons (Fsp3) is 0.692. The molecule has 17 heavy (non-hydrogen) atoms. The highest BCUT2D eigenvalue weighted by Gasteiger charge is 2.36. The lowest BCUT2D eigenvalue weighted by atomic mass is 9.86. The predicted octanol–water partition coefficient (Wildman–Crippen LogP) is 2.67. The Labute approximate surface area is 106 Å². The molecule has 3 nitrogen and oxygen atoms in total. The summed E-state index contributed by atoms with van der Waals surface area (Å²) in [5, 5.41) is 1.44. The van der Waals surface area contributed by atoms with Crippen LogP contribution in [0, 0.1) is 5.92 Å². The van der Waals surface area contributed by atoms with Crippen molar-refractivity contribution in [1.29, 1.82) is 0 Å². The summed E-state index contributed by atoms with van der Waals surface area (Å²) in [6.45, 7) is 0. The Kier molecular flexibility index (Phi) is 2.99. The lowest BCUT2D eigenvalue weighted by molar-refractivity contribution is 0.0882. The van der Waals surface area contributed by atoms with Gasteiger partial charge in [0.25, 0.3) is 0 Å². The minimum atomic E-state index is 0.215. The van der Waals surface area contributed by atoms with Gasteiger partial charge in [0.1, 0.15) is 0 Å². The molecule has 2 aliphatic heterocycles. The van der Waals surface area contributed by atoms with E-state index in [4.69, 9.17) is 0 Å². The maximum atomic E-state index is 12.4. The van der Waals surface area contributed by atoms with Gasteiger partial charge in [0.2, 0.25) is 5.78 Å². The van der Waals surface area contributed by atoms with Crippen LogP contribution in [0.1, 0.15) is 42.7 Å². The van der Waals surface area contributed by atoms with Crippen molar-refractivity contribution in [3.05, 3.63) is 18.2 Å². The highest BCUT2D eigenvalue weighted by atomic mass is 32.2. The molecule has 0 amide bonds. The maximum absolute atomic E-state index is 12.4. The molecule has 2 saturated heterocycles. The summed E-state index contributed by atoms with van der Waals surface area (Å²) in [7, 11) is 1.90. The van der Waals surface area contributed by atoms with Crippen molar-refractivity contribution in [2.24, 2.45) is 13.0 Å². The Morgan fingerprint density at radius 2 is 2.12 bits per heavy atom. The average molecular weight is 250 g/mol. The number of hydrogen-bond donors (Lipinski definition) is 0. The highest BCUT2D eigenvalue weighted by Crippen LogP contribution is 2.44. The van der Waals surface area contributed by atoms with Crippen molar-refractivity contribution in [3.63, 3.8) is 0 Å². The summed E-state index contributed by atoms with van der Waals surface area (Å²) >= 11 is 2.12. The predicted molar refractivity (Wildman–Crippen MR) is 69.3 cm³/mol. The molecule has 3 heterocycles. The van der Waals surface area contributed by atoms with E-state index in [2.05, 4.69) is 16.7 Å². The van der Waals surface area contributed by atoms with Crippen LogP contribution in [0.25, 0.3) is 0 Å². The van der Waals surface area contributed by atoms with E-state index in [9.17, 15) is 4.79 Å². The molecule has 4 heteroatoms. The zero-order valence-electron chi connectivity index (χ0n) is 10.1. The Hall–Kier alpha value is -0.770. The summed E-state index contributed by atoms with van der Waals surface area (Å²) in [5.74, 6) is 1.11. The highest BCUT2D eigenvalue weighted by molar-refractivity contribution is 8.00. The fourth-order valence-corrected chi connectivity index (χ4v) is 4.90. The smallest absolute Gasteiger partial charge is 0.201 e. The Balaban J connectivity index is 1.76. The van der Waals surface area contributed by atoms with Crippen molar-refractivity contribution >= 4 is 17.5 Å². The molecule has 3 rings (SSSR count). The first-order chi connectivity index (χ1) is 8.24. The lowest BCUT2D eigenvalue weighted by Crippen LogP contribution is -2.33. The van der Waals surface area contributed by atoms with Gasteiger partial charge < -0.3 is 4.57 Å². The SMILES string of the molecule is Cn1ccnc1C(=O)C1CC2CCCC(C1)S2. The molecule has 0 saturated carbocycles. The van der Waals surface area contributed by atoms with E-state index in [1.165, 1.54) is 19.3 Å². The number of rotatable bonds is 2. The molecule has 0 spiro atoms. The minimum Gasteiger partial charge on any atom is -0.332 e. The van der Waals surface area contributed by atoms with Crippen LogP contribution in [-0.2, 0) is 7.05 Å². The van der Waals surface area contributed by atoms with Crippen molar-refractivity contribution in [2.45, 2.75) is 42.6 Å². The van der Waals surface area contributed by atoms with Crippen LogP contribution in [0.3, 0.4) is 0 Å². The summed E-state index contributed by atoms with van der Waals surface area (Å²) < 4.78 is 1.85. The first-order valence-electron chi connectivity index (χ1n) is 6.41. The van der Waals surface area contributed by atoms with Crippen molar-refractivity contribution < 1.29 is 4.79 Å². The number of hydrogen-bond acceptors (Lipinski definition) is 3. The third-order valence-electron chi connectivity index (χ3n) is 3.94. The number of Topliss-reactive ketones (excluding diaryl/α,β-unsaturated/α-hetero) is 1. The van der Waals surface area contributed by atoms with Gasteiger partial charge in [-0.1, -0.05) is 6.42 Å². The molecular formula is C13H18N2OS. The van der Waals surface area contributed by atoms with Crippen LogP contribution in [0.5, 0.6) is 0 Å². The molecule has 2 unspecified atom stereocenters. The molecule has 2 atom stereocenters. The van der Waals surface area contributed by atoms with Crippen LogP contribution in [0.15, 0.2) is 12.4 Å². The molecule has 2 bridgehead atoms. The van der Waals surface area contributed by atoms with Crippen molar-refractivity contribution in [3.8, 4) is 0 Å². The lowest BCUT2D eigenvalue weighted by Gasteiger charge is -2.37. The van der Waals surface area contributed by atoms with Crippen molar-refractivity contribution in [1.82, 2.24) is 9.55 Å². The van der Waals surface area contributed by atoms with Crippen LogP contribution >= 0.6 is 11.8 Å². The third-order valence-corrected chi connectivity index (χ3v) is 5.57. The summed E-state index contributed by atoms with van der Waals surface area (Å²) in [5.41, 5.74) is 0. The first-order valence-corrected chi connectivity index (χ1v) is 7.35. The second-order valence-electron chi connectivity index (χ2n) is 5.21. The van der Waals surface area contributed by atoms with E-state index in [1.54, 1.807) is 6.20 Å². The van der Waals surface area contributed by atoms with E-state index >= 15 is 0 Å². The number of aryl methyl sites for hydroxylation is 1. The fourth-order valence-electron chi connectivity index (χ4n) is 3.06. The zero-order chi connectivity index (χ0) is 11.8. The van der Waals surface area contributed by atoms with E-state index < -0.39 is 0 Å². The third kappa shape index (κ3) is 2.15. The molecule has 1 aromatic heterocycles. The molecule has 92 valence electrons. The van der Waals surface area contributed by atoms with Crippen LogP contribution in [-0.4, -0.2) is 25.8 Å². The van der Waals surface area contributed by atoms with Crippen LogP contribution in [0.4, 0.5) is 0 Å². The molecule has 2 aliphatic rings. The van der Waals surface area contributed by atoms with E-state index in [-0.39, 0.29) is 11.7 Å². The first kappa shape index (κ1) is 11.3. The number of fused-ring (bicyclic) bond motifs is 2. The quantitative estimate of drug-likeness (QED) is 0.757. The van der Waals surface area contributed by atoms with Gasteiger partial charge in [0.15, 0.2) is 5.82 Å². The number of ketones is 1. The number of aromatic nitrogens is 2. The summed E-state index contributed by atoms with van der Waals surface area (Å²) in [4.78, 5) is 16.6. The molecule has 1 aromatic rings. The molecule has 2 fully saturated rings. The van der Waals surface area contributed by atoms with Gasteiger partial charge in [0.05, 0.1) is 0 Å². The van der Waals surface area contributed by atoms with Gasteiger partial charge in [-0.25, -0.2) is 4.98 Å². The number of carbonyl (C=O) groups excluding carboxylic acids is 1. The second kappa shape index (κ2) is 4.48. The maximum Gasteiger partial charge on any atom is 0.201 e. The van der Waals surface area contributed by atoms with Gasteiger partial charge in [-0.05, 0) is 25.7 Å². The average Bonchev–Trinajstić information content (AvgIpc) is 2.74. The van der Waals surface area contributed by atoms with Crippen molar-refractivity contribution in [2.75, 3.05) is 0 Å². The van der Waals surface area contributed by atoms with Gasteiger partial charge >= 0.3 is 0 Å². The standard InChI is InChI=1S/C13H18N2OS/c1-15-6-5-14-13(15)12(16)9-7-10-3-2-4-11(8-9)17-10/h5-6,9-11H,2-4,7-8H2,1H3. The number of nitrogens with zero attached hydrogens (tertiary/aromatic N) is 2. The van der Waals surface area contributed by atoms with Gasteiger partial charge in [-0.3, -0.25) is 4.79 Å².